The van der Waals surface area contributed by atoms with E-state index >= 15 is 0 Å². The van der Waals surface area contributed by atoms with Crippen molar-refractivity contribution in [2.24, 2.45) is 0 Å². The highest BCUT2D eigenvalue weighted by Crippen LogP contribution is 2.42. The molecule has 1 aromatic carbocycles. The van der Waals surface area contributed by atoms with Gasteiger partial charge >= 0.3 is 0 Å². The first-order chi connectivity index (χ1) is 8.79. The molecule has 2 aromatic rings. The first-order valence-corrected chi connectivity index (χ1v) is 6.27. The highest BCUT2D eigenvalue weighted by atomic mass is 19.1. The van der Waals surface area contributed by atoms with Crippen molar-refractivity contribution < 1.29 is 4.39 Å². The summed E-state index contributed by atoms with van der Waals surface area (Å²) in [6, 6.07) is 6.51. The van der Waals surface area contributed by atoms with Crippen LogP contribution in [0.2, 0.25) is 0 Å². The second kappa shape index (κ2) is 4.53. The van der Waals surface area contributed by atoms with Crippen molar-refractivity contribution in [3.05, 3.63) is 47.5 Å². The summed E-state index contributed by atoms with van der Waals surface area (Å²) in [6.07, 6.45) is 4.36. The minimum absolute atomic E-state index is 0.214. The second-order valence-corrected chi connectivity index (χ2v) is 4.75. The van der Waals surface area contributed by atoms with Crippen molar-refractivity contribution in [2.45, 2.75) is 25.3 Å². The van der Waals surface area contributed by atoms with Gasteiger partial charge < -0.3 is 5.32 Å². The fraction of sp³-hybridized carbons (Fsp3) is 0.357. The van der Waals surface area contributed by atoms with E-state index in [2.05, 4.69) is 10.4 Å². The summed E-state index contributed by atoms with van der Waals surface area (Å²) in [6.45, 7) is 0.826. The molecular formula is C14H16FN3. The van der Waals surface area contributed by atoms with E-state index in [0.29, 0.717) is 5.92 Å². The van der Waals surface area contributed by atoms with E-state index < -0.39 is 0 Å². The van der Waals surface area contributed by atoms with Gasteiger partial charge in [0, 0.05) is 18.0 Å². The summed E-state index contributed by atoms with van der Waals surface area (Å²) in [4.78, 5) is 0. The van der Waals surface area contributed by atoms with Crippen LogP contribution in [0, 0.1) is 5.82 Å². The average Bonchev–Trinajstić information content (AvgIpc) is 3.13. The standard InChI is InChI=1S/C14H16FN3/c1-16-8-11-9-17-18(14(11)10-2-3-10)13-6-4-12(15)5-7-13/h4-7,9-10,16H,2-3,8H2,1H3. The molecule has 1 N–H and O–H groups in total. The van der Waals surface area contributed by atoms with E-state index in [-0.39, 0.29) is 5.82 Å². The maximum absolute atomic E-state index is 13.0. The third kappa shape index (κ3) is 2.04. The van der Waals surface area contributed by atoms with Crippen molar-refractivity contribution in [3.8, 4) is 5.69 Å². The Morgan fingerprint density at radius 3 is 2.67 bits per heavy atom. The predicted octanol–water partition coefficient (Wildman–Crippen LogP) is 2.61. The zero-order valence-electron chi connectivity index (χ0n) is 10.4. The Morgan fingerprint density at radius 1 is 1.33 bits per heavy atom. The lowest BCUT2D eigenvalue weighted by Gasteiger charge is -2.08. The van der Waals surface area contributed by atoms with Crippen LogP contribution in [-0.2, 0) is 6.54 Å². The maximum Gasteiger partial charge on any atom is 0.123 e. The summed E-state index contributed by atoms with van der Waals surface area (Å²) < 4.78 is 14.9. The molecule has 18 heavy (non-hydrogen) atoms. The van der Waals surface area contributed by atoms with Gasteiger partial charge in [-0.1, -0.05) is 0 Å². The molecule has 0 spiro atoms. The van der Waals surface area contributed by atoms with Crippen LogP contribution in [0.25, 0.3) is 5.69 Å². The van der Waals surface area contributed by atoms with Gasteiger partial charge in [0.05, 0.1) is 17.6 Å². The first-order valence-electron chi connectivity index (χ1n) is 6.27. The third-order valence-corrected chi connectivity index (χ3v) is 3.29. The quantitative estimate of drug-likeness (QED) is 0.897. The molecule has 1 fully saturated rings. The summed E-state index contributed by atoms with van der Waals surface area (Å²) in [5.41, 5.74) is 3.45. The van der Waals surface area contributed by atoms with Crippen molar-refractivity contribution in [3.63, 3.8) is 0 Å². The molecule has 94 valence electrons. The molecule has 1 aromatic heterocycles. The summed E-state index contributed by atoms with van der Waals surface area (Å²) in [5, 5.41) is 7.62. The van der Waals surface area contributed by atoms with Gasteiger partial charge in [0.1, 0.15) is 5.82 Å². The third-order valence-electron chi connectivity index (χ3n) is 3.29. The minimum atomic E-state index is -0.214. The average molecular weight is 245 g/mol. The largest absolute Gasteiger partial charge is 0.316 e. The molecule has 0 atom stereocenters. The molecule has 0 unspecified atom stereocenters. The van der Waals surface area contributed by atoms with Crippen molar-refractivity contribution in [1.29, 1.82) is 0 Å². The van der Waals surface area contributed by atoms with Gasteiger partial charge in [-0.05, 0) is 44.2 Å². The molecule has 0 aliphatic heterocycles. The molecular weight excluding hydrogens is 229 g/mol. The van der Waals surface area contributed by atoms with E-state index in [1.54, 1.807) is 12.1 Å². The van der Waals surface area contributed by atoms with Crippen LogP contribution in [0.5, 0.6) is 0 Å². The lowest BCUT2D eigenvalue weighted by Crippen LogP contribution is -2.08. The number of benzene rings is 1. The van der Waals surface area contributed by atoms with E-state index in [9.17, 15) is 4.39 Å². The molecule has 0 radical (unpaired) electrons. The molecule has 3 rings (SSSR count). The number of hydrogen-bond acceptors (Lipinski definition) is 2. The molecule has 0 saturated heterocycles. The number of halogens is 1. The lowest BCUT2D eigenvalue weighted by molar-refractivity contribution is 0.626. The number of nitrogens with zero attached hydrogens (tertiary/aromatic N) is 2. The van der Waals surface area contributed by atoms with E-state index in [1.165, 1.54) is 36.2 Å². The molecule has 1 aliphatic carbocycles. The first kappa shape index (κ1) is 11.4. The SMILES string of the molecule is CNCc1cnn(-c2ccc(F)cc2)c1C1CC1. The topological polar surface area (TPSA) is 29.9 Å². The number of aromatic nitrogens is 2. The van der Waals surface area contributed by atoms with Crippen LogP contribution < -0.4 is 5.32 Å². The van der Waals surface area contributed by atoms with Crippen LogP contribution in [0.4, 0.5) is 4.39 Å². The summed E-state index contributed by atoms with van der Waals surface area (Å²) in [5.74, 6) is 0.398. The van der Waals surface area contributed by atoms with Gasteiger partial charge in [-0.15, -0.1) is 0 Å². The van der Waals surface area contributed by atoms with Gasteiger partial charge in [-0.25, -0.2) is 9.07 Å². The minimum Gasteiger partial charge on any atom is -0.316 e. The lowest BCUT2D eigenvalue weighted by atomic mass is 10.1. The van der Waals surface area contributed by atoms with E-state index in [4.69, 9.17) is 0 Å². The molecule has 1 heterocycles. The van der Waals surface area contributed by atoms with Gasteiger partial charge in [0.25, 0.3) is 0 Å². The van der Waals surface area contributed by atoms with E-state index in [1.807, 2.05) is 17.9 Å². The zero-order valence-corrected chi connectivity index (χ0v) is 10.4. The molecule has 1 aliphatic rings. The maximum atomic E-state index is 13.0. The molecule has 4 heteroatoms. The van der Waals surface area contributed by atoms with Crippen LogP contribution >= 0.6 is 0 Å². The van der Waals surface area contributed by atoms with Gasteiger partial charge in [-0.3, -0.25) is 0 Å². The Bertz CT molecular complexity index is 541. The van der Waals surface area contributed by atoms with E-state index in [0.717, 1.165) is 12.2 Å². The molecule has 0 bridgehead atoms. The monoisotopic (exact) mass is 245 g/mol. The highest BCUT2D eigenvalue weighted by molar-refractivity contribution is 5.38. The fourth-order valence-electron chi connectivity index (χ4n) is 2.30. The van der Waals surface area contributed by atoms with Crippen LogP contribution in [0.15, 0.2) is 30.5 Å². The van der Waals surface area contributed by atoms with Crippen LogP contribution in [0.1, 0.15) is 30.0 Å². The second-order valence-electron chi connectivity index (χ2n) is 4.75. The normalized spacial score (nSPS) is 15.0. The Hall–Kier alpha value is -1.68. The van der Waals surface area contributed by atoms with Gasteiger partial charge in [0.15, 0.2) is 0 Å². The van der Waals surface area contributed by atoms with Crippen LogP contribution in [0.3, 0.4) is 0 Å². The number of hydrogen-bond donors (Lipinski definition) is 1. The fourth-order valence-corrected chi connectivity index (χ4v) is 2.30. The number of rotatable bonds is 4. The predicted molar refractivity (Wildman–Crippen MR) is 68.3 cm³/mol. The molecule has 0 amide bonds. The Kier molecular flexibility index (Phi) is 2.88. The smallest absolute Gasteiger partial charge is 0.123 e. The number of nitrogens with one attached hydrogen (secondary N) is 1. The van der Waals surface area contributed by atoms with Gasteiger partial charge in [0.2, 0.25) is 0 Å². The summed E-state index contributed by atoms with van der Waals surface area (Å²) in [7, 11) is 1.94. The van der Waals surface area contributed by atoms with Gasteiger partial charge in [-0.2, -0.15) is 5.10 Å². The zero-order chi connectivity index (χ0) is 12.5. The van der Waals surface area contributed by atoms with Crippen molar-refractivity contribution >= 4 is 0 Å². The Morgan fingerprint density at radius 2 is 2.06 bits per heavy atom. The molecule has 1 saturated carbocycles. The Balaban J connectivity index is 2.03. The van der Waals surface area contributed by atoms with Crippen molar-refractivity contribution in [2.75, 3.05) is 7.05 Å². The van der Waals surface area contributed by atoms with Crippen molar-refractivity contribution in [1.82, 2.24) is 15.1 Å². The molecule has 3 nitrogen and oxygen atoms in total. The Labute approximate surface area is 106 Å². The van der Waals surface area contributed by atoms with Crippen LogP contribution in [-0.4, -0.2) is 16.8 Å². The highest BCUT2D eigenvalue weighted by Gasteiger charge is 2.30. The summed E-state index contributed by atoms with van der Waals surface area (Å²) >= 11 is 0.